The highest BCUT2D eigenvalue weighted by Crippen LogP contribution is 2.45. The van der Waals surface area contributed by atoms with Crippen molar-refractivity contribution >= 4 is 32.7 Å². The monoisotopic (exact) mass is 372 g/mol. The number of carbonyl (C=O) groups excluding carboxylic acids is 1. The van der Waals surface area contributed by atoms with Crippen LogP contribution in [-0.4, -0.2) is 17.5 Å². The Kier molecular flexibility index (Phi) is 3.84. The Morgan fingerprint density at radius 3 is 2.82 bits per heavy atom. The zero-order valence-corrected chi connectivity index (χ0v) is 13.5. The van der Waals surface area contributed by atoms with Gasteiger partial charge in [0.2, 0.25) is 5.91 Å². The number of nitrogens with one attached hydrogen (secondary N) is 2. The van der Waals surface area contributed by atoms with Gasteiger partial charge in [-0.15, -0.1) is 0 Å². The molecule has 2 N–H and O–H groups in total. The van der Waals surface area contributed by atoms with Crippen molar-refractivity contribution < 1.29 is 18.3 Å². The Morgan fingerprint density at radius 2 is 2.18 bits per heavy atom. The smallest absolute Gasteiger partial charge is 0.387 e. The quantitative estimate of drug-likeness (QED) is 0.834. The number of carbonyl (C=O) groups is 1. The summed E-state index contributed by atoms with van der Waals surface area (Å²) >= 11 is 3.20. The Labute approximate surface area is 134 Å². The van der Waals surface area contributed by atoms with Crippen LogP contribution in [0.3, 0.4) is 0 Å². The standard InChI is InChI=1S/C15H15BrF2N2O2/c1-15(2-3-15)13(21)19-7-9-4-8-5-12(22-14(17)18)10(16)6-11(8)20-9/h4-6,14,20H,2-3,7H2,1H3,(H,19,21). The van der Waals surface area contributed by atoms with Gasteiger partial charge in [0, 0.05) is 22.0 Å². The molecule has 1 heterocycles. The number of benzene rings is 1. The summed E-state index contributed by atoms with van der Waals surface area (Å²) in [6.07, 6.45) is 1.85. The van der Waals surface area contributed by atoms with E-state index < -0.39 is 6.61 Å². The third kappa shape index (κ3) is 3.09. The van der Waals surface area contributed by atoms with Gasteiger partial charge in [0.15, 0.2) is 0 Å². The first-order valence-electron chi connectivity index (χ1n) is 6.92. The summed E-state index contributed by atoms with van der Waals surface area (Å²) < 4.78 is 29.6. The van der Waals surface area contributed by atoms with Crippen molar-refractivity contribution in [2.24, 2.45) is 5.41 Å². The van der Waals surface area contributed by atoms with Gasteiger partial charge >= 0.3 is 6.61 Å². The number of halogens is 3. The van der Waals surface area contributed by atoms with Crippen molar-refractivity contribution in [3.05, 3.63) is 28.4 Å². The lowest BCUT2D eigenvalue weighted by Gasteiger charge is -2.08. The van der Waals surface area contributed by atoms with E-state index in [1.54, 1.807) is 6.07 Å². The molecule has 0 atom stereocenters. The van der Waals surface area contributed by atoms with Gasteiger partial charge in [0.05, 0.1) is 11.0 Å². The van der Waals surface area contributed by atoms with E-state index in [2.05, 4.69) is 31.0 Å². The topological polar surface area (TPSA) is 54.1 Å². The Hall–Kier alpha value is -1.63. The zero-order chi connectivity index (χ0) is 15.9. The lowest BCUT2D eigenvalue weighted by molar-refractivity contribution is -0.125. The first kappa shape index (κ1) is 15.3. The summed E-state index contributed by atoms with van der Waals surface area (Å²) in [4.78, 5) is 15.1. The summed E-state index contributed by atoms with van der Waals surface area (Å²) in [5, 5.41) is 3.64. The van der Waals surface area contributed by atoms with Gasteiger partial charge in [-0.2, -0.15) is 8.78 Å². The van der Waals surface area contributed by atoms with Crippen LogP contribution in [0.4, 0.5) is 8.78 Å². The molecule has 1 aromatic heterocycles. The van der Waals surface area contributed by atoms with E-state index in [4.69, 9.17) is 0 Å². The average molecular weight is 373 g/mol. The van der Waals surface area contributed by atoms with Gasteiger partial charge in [-0.25, -0.2) is 0 Å². The molecule has 1 aliphatic rings. The van der Waals surface area contributed by atoms with Crippen LogP contribution in [0.1, 0.15) is 25.5 Å². The molecule has 118 valence electrons. The van der Waals surface area contributed by atoms with E-state index in [0.29, 0.717) is 11.0 Å². The normalized spacial score (nSPS) is 16.0. The SMILES string of the molecule is CC1(C(=O)NCc2cc3cc(OC(F)F)c(Br)cc3[nH]2)CC1. The summed E-state index contributed by atoms with van der Waals surface area (Å²) in [5.41, 5.74) is 1.39. The number of hydrogen-bond donors (Lipinski definition) is 2. The van der Waals surface area contributed by atoms with Crippen LogP contribution in [0.2, 0.25) is 0 Å². The van der Waals surface area contributed by atoms with Gasteiger partial charge in [-0.3, -0.25) is 4.79 Å². The molecule has 22 heavy (non-hydrogen) atoms. The van der Waals surface area contributed by atoms with Crippen LogP contribution in [-0.2, 0) is 11.3 Å². The molecular weight excluding hydrogens is 358 g/mol. The molecule has 2 aromatic rings. The zero-order valence-electron chi connectivity index (χ0n) is 11.9. The lowest BCUT2D eigenvalue weighted by Crippen LogP contribution is -2.29. The molecule has 0 bridgehead atoms. The van der Waals surface area contributed by atoms with E-state index >= 15 is 0 Å². The number of fused-ring (bicyclic) bond motifs is 1. The summed E-state index contributed by atoms with van der Waals surface area (Å²) in [6.45, 7) is -0.546. The molecule has 4 nitrogen and oxygen atoms in total. The van der Waals surface area contributed by atoms with Crippen molar-refractivity contribution in [3.63, 3.8) is 0 Å². The number of alkyl halides is 2. The van der Waals surface area contributed by atoms with Gasteiger partial charge in [0.25, 0.3) is 0 Å². The minimum absolute atomic E-state index is 0.0501. The molecule has 1 saturated carbocycles. The average Bonchev–Trinajstić information content (AvgIpc) is 3.07. The number of aromatic nitrogens is 1. The Balaban J connectivity index is 1.76. The Bertz CT molecular complexity index is 726. The maximum atomic E-state index is 12.3. The molecule has 0 radical (unpaired) electrons. The molecule has 7 heteroatoms. The molecule has 1 aromatic carbocycles. The van der Waals surface area contributed by atoms with Gasteiger partial charge in [-0.05, 0) is 47.0 Å². The fourth-order valence-electron chi connectivity index (χ4n) is 2.28. The fraction of sp³-hybridized carbons (Fsp3) is 0.400. The predicted octanol–water partition coefficient (Wildman–Crippen LogP) is 3.95. The van der Waals surface area contributed by atoms with Gasteiger partial charge in [0.1, 0.15) is 5.75 Å². The first-order chi connectivity index (χ1) is 10.4. The van der Waals surface area contributed by atoms with Crippen LogP contribution < -0.4 is 10.1 Å². The number of hydrogen-bond acceptors (Lipinski definition) is 2. The summed E-state index contributed by atoms with van der Waals surface area (Å²) in [5.74, 6) is 0.136. The minimum atomic E-state index is -2.87. The van der Waals surface area contributed by atoms with Gasteiger partial charge < -0.3 is 15.0 Å². The second kappa shape index (κ2) is 5.53. The third-order valence-electron chi connectivity index (χ3n) is 3.93. The van der Waals surface area contributed by atoms with Crippen molar-refractivity contribution in [3.8, 4) is 5.75 Å². The van der Waals surface area contributed by atoms with Crippen molar-refractivity contribution in [1.82, 2.24) is 10.3 Å². The molecule has 0 saturated heterocycles. The third-order valence-corrected chi connectivity index (χ3v) is 4.55. The summed E-state index contributed by atoms with van der Waals surface area (Å²) in [6, 6.07) is 5.03. The minimum Gasteiger partial charge on any atom is -0.434 e. The molecule has 1 fully saturated rings. The molecule has 1 amide bonds. The predicted molar refractivity (Wildman–Crippen MR) is 81.8 cm³/mol. The molecule has 0 unspecified atom stereocenters. The molecule has 0 aliphatic heterocycles. The highest BCUT2D eigenvalue weighted by Gasteiger charge is 2.44. The number of rotatable bonds is 5. The molecule has 3 rings (SSSR count). The fourth-order valence-corrected chi connectivity index (χ4v) is 2.72. The molecule has 0 spiro atoms. The maximum absolute atomic E-state index is 12.3. The van der Waals surface area contributed by atoms with E-state index in [-0.39, 0.29) is 17.1 Å². The van der Waals surface area contributed by atoms with Crippen molar-refractivity contribution in [2.75, 3.05) is 0 Å². The summed E-state index contributed by atoms with van der Waals surface area (Å²) in [7, 11) is 0. The number of H-pyrrole nitrogens is 1. The highest BCUT2D eigenvalue weighted by atomic mass is 79.9. The van der Waals surface area contributed by atoms with Crippen LogP contribution in [0.25, 0.3) is 10.9 Å². The van der Waals surface area contributed by atoms with Gasteiger partial charge in [-0.1, -0.05) is 6.92 Å². The van der Waals surface area contributed by atoms with Crippen molar-refractivity contribution in [1.29, 1.82) is 0 Å². The lowest BCUT2D eigenvalue weighted by atomic mass is 10.1. The van der Waals surface area contributed by atoms with Crippen molar-refractivity contribution in [2.45, 2.75) is 32.9 Å². The highest BCUT2D eigenvalue weighted by molar-refractivity contribution is 9.10. The van der Waals surface area contributed by atoms with Crippen LogP contribution in [0.15, 0.2) is 22.7 Å². The molecular formula is C15H15BrF2N2O2. The first-order valence-corrected chi connectivity index (χ1v) is 7.71. The molecule has 1 aliphatic carbocycles. The number of amides is 1. The van der Waals surface area contributed by atoms with E-state index in [9.17, 15) is 13.6 Å². The van der Waals surface area contributed by atoms with E-state index in [1.807, 2.05) is 13.0 Å². The van der Waals surface area contributed by atoms with Crippen LogP contribution >= 0.6 is 15.9 Å². The Morgan fingerprint density at radius 1 is 1.45 bits per heavy atom. The van der Waals surface area contributed by atoms with Crippen LogP contribution in [0, 0.1) is 5.41 Å². The second-order valence-corrected chi connectivity index (χ2v) is 6.64. The second-order valence-electron chi connectivity index (χ2n) is 5.79. The number of ether oxygens (including phenoxy) is 1. The van der Waals surface area contributed by atoms with E-state index in [1.165, 1.54) is 6.07 Å². The van der Waals surface area contributed by atoms with Crippen LogP contribution in [0.5, 0.6) is 5.75 Å². The largest absolute Gasteiger partial charge is 0.434 e. The maximum Gasteiger partial charge on any atom is 0.387 e. The number of aromatic amines is 1. The van der Waals surface area contributed by atoms with E-state index in [0.717, 1.165) is 29.4 Å².